The summed E-state index contributed by atoms with van der Waals surface area (Å²) in [5.74, 6) is 0. The molecule has 0 aromatic carbocycles. The number of hydrogen-bond acceptors (Lipinski definition) is 2. The lowest BCUT2D eigenvalue weighted by molar-refractivity contribution is 0.142. The molecule has 0 atom stereocenters. The number of nitrogens with zero attached hydrogens (tertiary/aromatic N) is 1. The van der Waals surface area contributed by atoms with Gasteiger partial charge in [-0.05, 0) is 12.8 Å². The van der Waals surface area contributed by atoms with Crippen LogP contribution >= 0.6 is 0 Å². The van der Waals surface area contributed by atoms with Crippen LogP contribution in [0.5, 0.6) is 0 Å². The lowest BCUT2D eigenvalue weighted by Gasteiger charge is -1.97. The molecule has 2 heteroatoms. The van der Waals surface area contributed by atoms with Crippen LogP contribution in [0.25, 0.3) is 0 Å². The van der Waals surface area contributed by atoms with Gasteiger partial charge in [0.15, 0.2) is 0 Å². The molecule has 0 saturated carbocycles. The van der Waals surface area contributed by atoms with E-state index in [9.17, 15) is 0 Å². The first-order valence-electron chi connectivity index (χ1n) is 3.99. The second-order valence-electron chi connectivity index (χ2n) is 2.38. The molecule has 60 valence electrons. The SMILES string of the molecule is C=NOCCCCCCC. The largest absolute Gasteiger partial charge is 0.396 e. The van der Waals surface area contributed by atoms with Gasteiger partial charge in [-0.2, -0.15) is 0 Å². The van der Waals surface area contributed by atoms with E-state index in [0.29, 0.717) is 0 Å². The third-order valence-corrected chi connectivity index (χ3v) is 1.43. The van der Waals surface area contributed by atoms with Crippen molar-refractivity contribution in [1.29, 1.82) is 0 Å². The van der Waals surface area contributed by atoms with Gasteiger partial charge in [-0.15, -0.1) is 5.16 Å². The standard InChI is InChI=1S/C8H17NO/c1-3-4-5-6-7-8-10-9-2/h2-8H2,1H3. The van der Waals surface area contributed by atoms with Gasteiger partial charge in [0.1, 0.15) is 6.61 Å². The molecule has 0 amide bonds. The number of rotatable bonds is 7. The summed E-state index contributed by atoms with van der Waals surface area (Å²) in [6.45, 7) is 6.16. The van der Waals surface area contributed by atoms with Crippen LogP contribution in [0.3, 0.4) is 0 Å². The summed E-state index contributed by atoms with van der Waals surface area (Å²) in [5.41, 5.74) is 0. The maximum absolute atomic E-state index is 4.73. The molecule has 0 spiro atoms. The summed E-state index contributed by atoms with van der Waals surface area (Å²) in [6, 6.07) is 0. The zero-order valence-corrected chi connectivity index (χ0v) is 6.81. The molecule has 0 N–H and O–H groups in total. The van der Waals surface area contributed by atoms with Crippen molar-refractivity contribution in [2.75, 3.05) is 6.61 Å². The second-order valence-corrected chi connectivity index (χ2v) is 2.38. The topological polar surface area (TPSA) is 21.6 Å². The molecule has 0 aromatic rings. The molecule has 10 heavy (non-hydrogen) atoms. The predicted octanol–water partition coefficient (Wildman–Crippen LogP) is 2.59. The van der Waals surface area contributed by atoms with Crippen molar-refractivity contribution in [1.82, 2.24) is 0 Å². The lowest BCUT2D eigenvalue weighted by Crippen LogP contribution is -1.86. The van der Waals surface area contributed by atoms with Gasteiger partial charge < -0.3 is 4.84 Å². The Morgan fingerprint density at radius 2 is 1.90 bits per heavy atom. The molecule has 0 rings (SSSR count). The van der Waals surface area contributed by atoms with Gasteiger partial charge in [-0.3, -0.25) is 0 Å². The van der Waals surface area contributed by atoms with E-state index in [1.807, 2.05) is 0 Å². The van der Waals surface area contributed by atoms with E-state index in [1.54, 1.807) is 0 Å². The molecule has 0 aromatic heterocycles. The van der Waals surface area contributed by atoms with Crippen LogP contribution < -0.4 is 0 Å². The maximum atomic E-state index is 4.73. The second kappa shape index (κ2) is 8.47. The predicted molar refractivity (Wildman–Crippen MR) is 44.3 cm³/mol. The van der Waals surface area contributed by atoms with Crippen molar-refractivity contribution in [3.63, 3.8) is 0 Å². The van der Waals surface area contributed by atoms with E-state index in [1.165, 1.54) is 25.7 Å². The van der Waals surface area contributed by atoms with Crippen molar-refractivity contribution >= 4 is 6.72 Å². The van der Waals surface area contributed by atoms with E-state index in [0.717, 1.165) is 13.0 Å². The summed E-state index contributed by atoms with van der Waals surface area (Å²) in [6.07, 6.45) is 6.31. The van der Waals surface area contributed by atoms with Crippen LogP contribution in [0.15, 0.2) is 5.16 Å². The fourth-order valence-corrected chi connectivity index (χ4v) is 0.835. The summed E-state index contributed by atoms with van der Waals surface area (Å²) < 4.78 is 0. The lowest BCUT2D eigenvalue weighted by atomic mass is 10.2. The minimum absolute atomic E-state index is 0.729. The molecule has 2 nitrogen and oxygen atoms in total. The molecule has 0 saturated heterocycles. The Morgan fingerprint density at radius 1 is 1.20 bits per heavy atom. The molecule has 0 fully saturated rings. The van der Waals surface area contributed by atoms with Crippen molar-refractivity contribution in [2.45, 2.75) is 39.0 Å². The van der Waals surface area contributed by atoms with Crippen molar-refractivity contribution in [3.05, 3.63) is 0 Å². The first-order valence-corrected chi connectivity index (χ1v) is 3.99. The highest BCUT2D eigenvalue weighted by atomic mass is 16.6. The highest BCUT2D eigenvalue weighted by molar-refractivity contribution is 5.21. The van der Waals surface area contributed by atoms with Gasteiger partial charge in [0.05, 0.1) is 0 Å². The number of hydrogen-bond donors (Lipinski definition) is 0. The van der Waals surface area contributed by atoms with Crippen LogP contribution in [-0.4, -0.2) is 13.3 Å². The first kappa shape index (κ1) is 9.47. The zero-order chi connectivity index (χ0) is 7.66. The minimum Gasteiger partial charge on any atom is -0.396 e. The highest BCUT2D eigenvalue weighted by Gasteiger charge is 1.87. The zero-order valence-electron chi connectivity index (χ0n) is 6.81. The Balaban J connectivity index is 2.70. The molecule has 0 unspecified atom stereocenters. The van der Waals surface area contributed by atoms with Crippen LogP contribution in [0.4, 0.5) is 0 Å². The van der Waals surface area contributed by atoms with Gasteiger partial charge >= 0.3 is 0 Å². The third-order valence-electron chi connectivity index (χ3n) is 1.43. The average Bonchev–Trinajstić information content (AvgIpc) is 1.97. The van der Waals surface area contributed by atoms with E-state index in [-0.39, 0.29) is 0 Å². The molecule has 0 aliphatic rings. The molecular weight excluding hydrogens is 126 g/mol. The molecule has 0 aliphatic heterocycles. The van der Waals surface area contributed by atoms with Crippen LogP contribution in [0.1, 0.15) is 39.0 Å². The summed E-state index contributed by atoms with van der Waals surface area (Å²) >= 11 is 0. The van der Waals surface area contributed by atoms with Gasteiger partial charge in [0.2, 0.25) is 0 Å². The summed E-state index contributed by atoms with van der Waals surface area (Å²) in [7, 11) is 0. The molecule has 0 radical (unpaired) electrons. The van der Waals surface area contributed by atoms with Crippen LogP contribution in [-0.2, 0) is 4.84 Å². The maximum Gasteiger partial charge on any atom is 0.117 e. The average molecular weight is 143 g/mol. The smallest absolute Gasteiger partial charge is 0.117 e. The summed E-state index contributed by atoms with van der Waals surface area (Å²) in [4.78, 5) is 4.73. The minimum atomic E-state index is 0.729. The van der Waals surface area contributed by atoms with Gasteiger partial charge in [-0.25, -0.2) is 0 Å². The third kappa shape index (κ3) is 7.47. The van der Waals surface area contributed by atoms with Crippen LogP contribution in [0, 0.1) is 0 Å². The van der Waals surface area contributed by atoms with Gasteiger partial charge in [0.25, 0.3) is 0 Å². The molecule has 0 heterocycles. The quantitative estimate of drug-likeness (QED) is 0.305. The van der Waals surface area contributed by atoms with Gasteiger partial charge in [-0.1, -0.05) is 26.2 Å². The fourth-order valence-electron chi connectivity index (χ4n) is 0.835. The Morgan fingerprint density at radius 3 is 2.50 bits per heavy atom. The fraction of sp³-hybridized carbons (Fsp3) is 0.875. The van der Waals surface area contributed by atoms with E-state index in [2.05, 4.69) is 18.8 Å². The van der Waals surface area contributed by atoms with Crippen molar-refractivity contribution in [2.24, 2.45) is 5.16 Å². The Kier molecular flexibility index (Phi) is 8.02. The highest BCUT2D eigenvalue weighted by Crippen LogP contribution is 2.01. The number of oxime groups is 1. The van der Waals surface area contributed by atoms with Crippen LogP contribution in [0.2, 0.25) is 0 Å². The normalized spacial score (nSPS) is 9.30. The summed E-state index contributed by atoms with van der Waals surface area (Å²) in [5, 5.41) is 3.30. The van der Waals surface area contributed by atoms with E-state index in [4.69, 9.17) is 4.84 Å². The van der Waals surface area contributed by atoms with Crippen molar-refractivity contribution < 1.29 is 4.84 Å². The monoisotopic (exact) mass is 143 g/mol. The Bertz CT molecular complexity index is 73.7. The van der Waals surface area contributed by atoms with E-state index < -0.39 is 0 Å². The first-order chi connectivity index (χ1) is 4.91. The number of unbranched alkanes of at least 4 members (excludes halogenated alkanes) is 4. The molecule has 0 aliphatic carbocycles. The Labute approximate surface area is 63.3 Å². The van der Waals surface area contributed by atoms with Gasteiger partial charge in [0, 0.05) is 6.72 Å². The van der Waals surface area contributed by atoms with Crippen molar-refractivity contribution in [3.8, 4) is 0 Å². The van der Waals surface area contributed by atoms with E-state index >= 15 is 0 Å². The Hall–Kier alpha value is -0.530. The molecular formula is C8H17NO. The molecule has 0 bridgehead atoms.